The molecule has 0 radical (unpaired) electrons. The number of aromatic amines is 1. The zero-order chi connectivity index (χ0) is 14.4. The van der Waals surface area contributed by atoms with E-state index in [2.05, 4.69) is 15.4 Å². The third kappa shape index (κ3) is 2.94. The third-order valence-corrected chi connectivity index (χ3v) is 2.51. The Morgan fingerprint density at radius 2 is 2.15 bits per heavy atom. The molecule has 0 spiro atoms. The normalized spacial score (nSPS) is 10.3. The highest BCUT2D eigenvalue weighted by atomic mass is 16.5. The highest BCUT2D eigenvalue weighted by molar-refractivity contribution is 5.94. The molecule has 0 bridgehead atoms. The summed E-state index contributed by atoms with van der Waals surface area (Å²) in [5.41, 5.74) is 1.07. The van der Waals surface area contributed by atoms with Crippen LogP contribution in [-0.2, 0) is 4.74 Å². The van der Waals surface area contributed by atoms with Crippen molar-refractivity contribution < 1.29 is 19.4 Å². The van der Waals surface area contributed by atoms with Crippen LogP contribution >= 0.6 is 0 Å². The van der Waals surface area contributed by atoms with Crippen molar-refractivity contribution in [1.29, 1.82) is 0 Å². The van der Waals surface area contributed by atoms with Gasteiger partial charge in [0.05, 0.1) is 13.2 Å². The van der Waals surface area contributed by atoms with Crippen LogP contribution in [0.5, 0.6) is 5.75 Å². The van der Waals surface area contributed by atoms with E-state index in [4.69, 9.17) is 14.6 Å². The number of nitrogens with zero attached hydrogens (tertiary/aromatic N) is 2. The zero-order valence-corrected chi connectivity index (χ0v) is 11.0. The van der Waals surface area contributed by atoms with E-state index in [-0.39, 0.29) is 25.5 Å². The van der Waals surface area contributed by atoms with Crippen LogP contribution < -0.4 is 4.74 Å². The van der Waals surface area contributed by atoms with E-state index >= 15 is 0 Å². The Morgan fingerprint density at radius 1 is 1.35 bits per heavy atom. The van der Waals surface area contributed by atoms with Crippen molar-refractivity contribution in [2.75, 3.05) is 19.8 Å². The zero-order valence-electron chi connectivity index (χ0n) is 11.0. The van der Waals surface area contributed by atoms with Gasteiger partial charge in [-0.25, -0.2) is 4.79 Å². The summed E-state index contributed by atoms with van der Waals surface area (Å²) in [7, 11) is 0. The number of rotatable bonds is 6. The van der Waals surface area contributed by atoms with Gasteiger partial charge in [-0.2, -0.15) is 10.3 Å². The first-order valence-corrected chi connectivity index (χ1v) is 6.18. The standard InChI is InChI=1S/C13H15N3O4/c1-2-19-13(18)12-11(14-16-15-12)9-5-3-4-6-10(9)20-8-7-17/h3-6,17H,2,7-8H2,1H3,(H,14,15,16). The number of hydrogen-bond donors (Lipinski definition) is 2. The maximum atomic E-state index is 11.8. The van der Waals surface area contributed by atoms with E-state index in [1.807, 2.05) is 0 Å². The number of ether oxygens (including phenoxy) is 2. The van der Waals surface area contributed by atoms with Crippen molar-refractivity contribution in [3.05, 3.63) is 30.0 Å². The van der Waals surface area contributed by atoms with Crippen molar-refractivity contribution in [1.82, 2.24) is 15.4 Å². The molecule has 0 atom stereocenters. The summed E-state index contributed by atoms with van der Waals surface area (Å²) in [5, 5.41) is 19.0. The molecule has 7 nitrogen and oxygen atoms in total. The molecule has 0 aliphatic rings. The largest absolute Gasteiger partial charge is 0.490 e. The van der Waals surface area contributed by atoms with Crippen LogP contribution in [0.1, 0.15) is 17.4 Å². The Morgan fingerprint density at radius 3 is 2.90 bits per heavy atom. The summed E-state index contributed by atoms with van der Waals surface area (Å²) in [4.78, 5) is 11.8. The maximum Gasteiger partial charge on any atom is 0.361 e. The third-order valence-electron chi connectivity index (χ3n) is 2.51. The van der Waals surface area contributed by atoms with E-state index in [9.17, 15) is 4.79 Å². The SMILES string of the molecule is CCOC(=O)c1n[nH]nc1-c1ccccc1OCCO. The van der Waals surface area contributed by atoms with Crippen molar-refractivity contribution in [2.45, 2.75) is 6.92 Å². The van der Waals surface area contributed by atoms with Gasteiger partial charge in [-0.3, -0.25) is 0 Å². The molecule has 0 fully saturated rings. The summed E-state index contributed by atoms with van der Waals surface area (Å²) in [6.45, 7) is 2.03. The van der Waals surface area contributed by atoms with Crippen LogP contribution in [0, 0.1) is 0 Å². The number of aliphatic hydroxyl groups excluding tert-OH is 1. The van der Waals surface area contributed by atoms with Gasteiger partial charge in [0, 0.05) is 5.56 Å². The topological polar surface area (TPSA) is 97.3 Å². The van der Waals surface area contributed by atoms with E-state index in [0.29, 0.717) is 17.0 Å². The van der Waals surface area contributed by atoms with Crippen LogP contribution in [0.2, 0.25) is 0 Å². The number of aliphatic hydroxyl groups is 1. The van der Waals surface area contributed by atoms with Gasteiger partial charge in [0.1, 0.15) is 18.1 Å². The fraction of sp³-hybridized carbons (Fsp3) is 0.308. The molecule has 0 amide bonds. The second-order valence-corrected chi connectivity index (χ2v) is 3.81. The van der Waals surface area contributed by atoms with E-state index < -0.39 is 5.97 Å². The molecule has 2 aromatic rings. The summed E-state index contributed by atoms with van der Waals surface area (Å²) < 4.78 is 10.3. The first kappa shape index (κ1) is 14.0. The van der Waals surface area contributed by atoms with Crippen molar-refractivity contribution in [2.24, 2.45) is 0 Å². The second-order valence-electron chi connectivity index (χ2n) is 3.81. The average Bonchev–Trinajstić information content (AvgIpc) is 2.95. The van der Waals surface area contributed by atoms with Crippen molar-refractivity contribution >= 4 is 5.97 Å². The smallest absolute Gasteiger partial charge is 0.361 e. The van der Waals surface area contributed by atoms with E-state index in [1.54, 1.807) is 31.2 Å². The minimum absolute atomic E-state index is 0.0993. The highest BCUT2D eigenvalue weighted by Gasteiger charge is 2.21. The predicted octanol–water partition coefficient (Wildman–Crippen LogP) is 1.02. The number of para-hydroxylation sites is 1. The molecule has 2 rings (SSSR count). The second kappa shape index (κ2) is 6.67. The van der Waals surface area contributed by atoms with Crippen molar-refractivity contribution in [3.63, 3.8) is 0 Å². The minimum Gasteiger partial charge on any atom is -0.490 e. The molecular weight excluding hydrogens is 262 g/mol. The number of carbonyl (C=O) groups excluding carboxylic acids is 1. The van der Waals surface area contributed by atoms with E-state index in [0.717, 1.165) is 0 Å². The maximum absolute atomic E-state index is 11.8. The molecule has 0 aliphatic heterocycles. The van der Waals surface area contributed by atoms with Gasteiger partial charge < -0.3 is 14.6 Å². The lowest BCUT2D eigenvalue weighted by Gasteiger charge is -2.09. The van der Waals surface area contributed by atoms with Crippen molar-refractivity contribution in [3.8, 4) is 17.0 Å². The monoisotopic (exact) mass is 277 g/mol. The minimum atomic E-state index is -0.548. The molecule has 0 aliphatic carbocycles. The quantitative estimate of drug-likeness (QED) is 0.765. The molecule has 0 saturated carbocycles. The lowest BCUT2D eigenvalue weighted by Crippen LogP contribution is -2.08. The fourth-order valence-electron chi connectivity index (χ4n) is 1.70. The summed E-state index contributed by atoms with van der Waals surface area (Å²) in [6, 6.07) is 7.08. The Labute approximate surface area is 115 Å². The van der Waals surface area contributed by atoms with Crippen LogP contribution in [0.4, 0.5) is 0 Å². The number of nitrogens with one attached hydrogen (secondary N) is 1. The Balaban J connectivity index is 2.37. The molecule has 106 valence electrons. The van der Waals surface area contributed by atoms with Gasteiger partial charge in [0.2, 0.25) is 0 Å². The number of esters is 1. The van der Waals surface area contributed by atoms with Gasteiger partial charge in [-0.05, 0) is 19.1 Å². The number of aromatic nitrogens is 3. The van der Waals surface area contributed by atoms with Crippen LogP contribution in [-0.4, -0.2) is 46.3 Å². The van der Waals surface area contributed by atoms with Gasteiger partial charge in [-0.15, -0.1) is 5.10 Å². The summed E-state index contributed by atoms with van der Waals surface area (Å²) in [6.07, 6.45) is 0. The molecule has 0 saturated heterocycles. The molecule has 7 heteroatoms. The number of benzene rings is 1. The number of hydrogen-bond acceptors (Lipinski definition) is 6. The Hall–Kier alpha value is -2.41. The predicted molar refractivity (Wildman–Crippen MR) is 70.4 cm³/mol. The molecule has 1 aromatic carbocycles. The molecule has 2 N–H and O–H groups in total. The lowest BCUT2D eigenvalue weighted by atomic mass is 10.1. The van der Waals surface area contributed by atoms with Crippen LogP contribution in [0.25, 0.3) is 11.3 Å². The molecule has 1 aromatic heterocycles. The molecule has 20 heavy (non-hydrogen) atoms. The summed E-state index contributed by atoms with van der Waals surface area (Å²) in [5.74, 6) is -0.0331. The first-order chi connectivity index (χ1) is 9.77. The average molecular weight is 277 g/mol. The van der Waals surface area contributed by atoms with Crippen LogP contribution in [0.3, 0.4) is 0 Å². The lowest BCUT2D eigenvalue weighted by molar-refractivity contribution is 0.0520. The fourth-order valence-corrected chi connectivity index (χ4v) is 1.70. The Kier molecular flexibility index (Phi) is 4.67. The van der Waals surface area contributed by atoms with Gasteiger partial charge >= 0.3 is 5.97 Å². The highest BCUT2D eigenvalue weighted by Crippen LogP contribution is 2.30. The molecule has 1 heterocycles. The summed E-state index contributed by atoms with van der Waals surface area (Å²) >= 11 is 0. The number of carbonyl (C=O) groups is 1. The number of H-pyrrole nitrogens is 1. The molecule has 0 unspecified atom stereocenters. The Bertz CT molecular complexity index is 583. The molecular formula is C13H15N3O4. The van der Waals surface area contributed by atoms with Crippen LogP contribution in [0.15, 0.2) is 24.3 Å². The van der Waals surface area contributed by atoms with E-state index in [1.165, 1.54) is 0 Å². The first-order valence-electron chi connectivity index (χ1n) is 6.18. The van der Waals surface area contributed by atoms with Gasteiger partial charge in [0.15, 0.2) is 5.69 Å². The van der Waals surface area contributed by atoms with Gasteiger partial charge in [0.25, 0.3) is 0 Å². The van der Waals surface area contributed by atoms with Gasteiger partial charge in [-0.1, -0.05) is 12.1 Å².